The van der Waals surface area contributed by atoms with Crippen molar-refractivity contribution in [1.29, 1.82) is 0 Å². The number of benzene rings is 3. The van der Waals surface area contributed by atoms with Crippen molar-refractivity contribution in [3.63, 3.8) is 0 Å². The summed E-state index contributed by atoms with van der Waals surface area (Å²) in [5.74, 6) is -3.13. The SMILES string of the molecule is CC(=O)c1ccc(N2C(=O)[C@@H]3[C@H](Cc4c[nH]c5ccccc45)N[C@@]4(C(=O)Nc5c(Cl)cccc54)[C@@H]3C2=O)cc1. The van der Waals surface area contributed by atoms with Gasteiger partial charge < -0.3 is 10.3 Å². The Hall–Kier alpha value is -4.27. The van der Waals surface area contributed by atoms with Crippen molar-refractivity contribution < 1.29 is 19.2 Å². The lowest BCUT2D eigenvalue weighted by Crippen LogP contribution is -2.53. The molecular weight excluding hydrogens is 516 g/mol. The van der Waals surface area contributed by atoms with Crippen LogP contribution in [-0.2, 0) is 26.3 Å². The highest BCUT2D eigenvalue weighted by molar-refractivity contribution is 6.35. The van der Waals surface area contributed by atoms with Crippen LogP contribution >= 0.6 is 11.6 Å². The summed E-state index contributed by atoms with van der Waals surface area (Å²) in [6.07, 6.45) is 2.33. The highest BCUT2D eigenvalue weighted by Crippen LogP contribution is 2.55. The minimum Gasteiger partial charge on any atom is -0.361 e. The zero-order valence-corrected chi connectivity index (χ0v) is 21.6. The van der Waals surface area contributed by atoms with E-state index in [1.54, 1.807) is 42.5 Å². The van der Waals surface area contributed by atoms with E-state index >= 15 is 0 Å². The molecule has 4 atom stereocenters. The first-order valence-corrected chi connectivity index (χ1v) is 13.1. The van der Waals surface area contributed by atoms with E-state index in [1.807, 2.05) is 30.5 Å². The third kappa shape index (κ3) is 3.22. The minimum absolute atomic E-state index is 0.115. The largest absolute Gasteiger partial charge is 0.361 e. The summed E-state index contributed by atoms with van der Waals surface area (Å²) in [6, 6.07) is 19.0. The molecule has 3 amide bonds. The maximum Gasteiger partial charge on any atom is 0.250 e. The van der Waals surface area contributed by atoms with Gasteiger partial charge in [-0.1, -0.05) is 41.9 Å². The van der Waals surface area contributed by atoms with Crippen LogP contribution in [0.25, 0.3) is 10.9 Å². The third-order valence-electron chi connectivity index (χ3n) is 8.35. The number of aromatic amines is 1. The van der Waals surface area contributed by atoms with Gasteiger partial charge in [-0.3, -0.25) is 24.5 Å². The molecule has 2 fully saturated rings. The molecule has 0 saturated carbocycles. The number of rotatable bonds is 4. The molecule has 0 bridgehead atoms. The lowest BCUT2D eigenvalue weighted by atomic mass is 9.76. The molecular formula is C30H23ClN4O4. The molecule has 3 N–H and O–H groups in total. The summed E-state index contributed by atoms with van der Waals surface area (Å²) in [4.78, 5) is 58.2. The van der Waals surface area contributed by atoms with Gasteiger partial charge in [-0.05, 0) is 55.3 Å². The molecule has 8 nitrogen and oxygen atoms in total. The summed E-state index contributed by atoms with van der Waals surface area (Å²) in [5, 5.41) is 7.72. The van der Waals surface area contributed by atoms with Crippen molar-refractivity contribution >= 4 is 57.4 Å². The number of ketones is 1. The lowest BCUT2D eigenvalue weighted by Gasteiger charge is -2.29. The van der Waals surface area contributed by atoms with Crippen LogP contribution in [0.5, 0.6) is 0 Å². The molecule has 7 rings (SSSR count). The number of fused-ring (bicyclic) bond motifs is 5. The summed E-state index contributed by atoms with van der Waals surface area (Å²) >= 11 is 6.45. The molecule has 0 aliphatic carbocycles. The number of hydrogen-bond donors (Lipinski definition) is 3. The Balaban J connectivity index is 1.37. The molecule has 0 unspecified atom stereocenters. The summed E-state index contributed by atoms with van der Waals surface area (Å²) in [7, 11) is 0. The Morgan fingerprint density at radius 1 is 0.974 bits per heavy atom. The van der Waals surface area contributed by atoms with Gasteiger partial charge >= 0.3 is 0 Å². The number of Topliss-reactive ketones (excluding diaryl/α,β-unsaturated/α-hetero) is 1. The van der Waals surface area contributed by atoms with Crippen LogP contribution in [0.4, 0.5) is 11.4 Å². The zero-order chi connectivity index (χ0) is 27.1. The maximum absolute atomic E-state index is 14.2. The number of H-pyrrole nitrogens is 1. The van der Waals surface area contributed by atoms with E-state index < -0.39 is 35.2 Å². The van der Waals surface area contributed by atoms with Crippen molar-refractivity contribution in [2.75, 3.05) is 10.2 Å². The van der Waals surface area contributed by atoms with E-state index in [-0.39, 0.29) is 11.7 Å². The van der Waals surface area contributed by atoms with Gasteiger partial charge in [0.15, 0.2) is 5.78 Å². The van der Waals surface area contributed by atoms with E-state index in [0.29, 0.717) is 33.9 Å². The van der Waals surface area contributed by atoms with Crippen LogP contribution in [0, 0.1) is 11.8 Å². The number of nitrogens with zero attached hydrogens (tertiary/aromatic N) is 1. The van der Waals surface area contributed by atoms with Crippen LogP contribution in [0.1, 0.15) is 28.4 Å². The highest BCUT2D eigenvalue weighted by Gasteiger charge is 2.70. The van der Waals surface area contributed by atoms with Crippen molar-refractivity contribution in [3.05, 3.63) is 94.6 Å². The van der Waals surface area contributed by atoms with Crippen LogP contribution in [0.15, 0.2) is 72.9 Å². The molecule has 4 aromatic rings. The zero-order valence-electron chi connectivity index (χ0n) is 20.8. The summed E-state index contributed by atoms with van der Waals surface area (Å²) in [5.41, 5.74) is 2.35. The molecule has 39 heavy (non-hydrogen) atoms. The van der Waals surface area contributed by atoms with Gasteiger partial charge in [0.05, 0.1) is 28.2 Å². The van der Waals surface area contributed by atoms with Crippen molar-refractivity contribution in [2.24, 2.45) is 11.8 Å². The topological polar surface area (TPSA) is 111 Å². The average molecular weight is 539 g/mol. The molecule has 4 heterocycles. The molecule has 194 valence electrons. The number of para-hydroxylation sites is 2. The molecule has 3 aromatic carbocycles. The van der Waals surface area contributed by atoms with E-state index in [4.69, 9.17) is 11.6 Å². The summed E-state index contributed by atoms with van der Waals surface area (Å²) < 4.78 is 0. The number of anilines is 2. The monoisotopic (exact) mass is 538 g/mol. The van der Waals surface area contributed by atoms with Gasteiger partial charge in [-0.15, -0.1) is 0 Å². The number of halogens is 1. The Bertz CT molecular complexity index is 1730. The van der Waals surface area contributed by atoms with Crippen LogP contribution in [0.2, 0.25) is 5.02 Å². The first-order chi connectivity index (χ1) is 18.8. The Morgan fingerprint density at radius 3 is 2.51 bits per heavy atom. The third-order valence-corrected chi connectivity index (χ3v) is 8.66. The smallest absolute Gasteiger partial charge is 0.250 e. The number of amides is 3. The number of imide groups is 1. The van der Waals surface area contributed by atoms with E-state index in [2.05, 4.69) is 15.6 Å². The predicted molar refractivity (Wildman–Crippen MR) is 147 cm³/mol. The first-order valence-electron chi connectivity index (χ1n) is 12.7. The van der Waals surface area contributed by atoms with Gasteiger partial charge in [0, 0.05) is 34.3 Å². The van der Waals surface area contributed by atoms with E-state index in [1.165, 1.54) is 11.8 Å². The number of aromatic nitrogens is 1. The normalized spacial score (nSPS) is 25.4. The Labute approximate surface area is 228 Å². The average Bonchev–Trinajstić information content (AvgIpc) is 3.64. The standard InChI is InChI=1S/C30H23ClN4O4/c1-15(36)16-9-11-18(12-10-16)35-27(37)24-23(13-17-14-32-22-8-3-2-5-19(17)22)34-30(25(24)28(35)38)20-6-4-7-21(31)26(20)33-29(30)39/h2-12,14,23-25,32,34H,13H2,1H3,(H,33,39)/t23-,24+,25-,30+/m0/s1. The Kier molecular flexibility index (Phi) is 5.11. The number of carbonyl (C=O) groups excluding carboxylic acids is 4. The van der Waals surface area contributed by atoms with Gasteiger partial charge in [0.25, 0.3) is 0 Å². The van der Waals surface area contributed by atoms with Gasteiger partial charge in [-0.2, -0.15) is 0 Å². The molecule has 2 saturated heterocycles. The first kappa shape index (κ1) is 23.8. The van der Waals surface area contributed by atoms with Crippen LogP contribution in [0.3, 0.4) is 0 Å². The number of nitrogens with one attached hydrogen (secondary N) is 3. The lowest BCUT2D eigenvalue weighted by molar-refractivity contribution is -0.130. The fraction of sp³-hybridized carbons (Fsp3) is 0.200. The second-order valence-corrected chi connectivity index (χ2v) is 10.8. The van der Waals surface area contributed by atoms with Crippen LogP contribution in [-0.4, -0.2) is 34.5 Å². The van der Waals surface area contributed by atoms with Crippen LogP contribution < -0.4 is 15.5 Å². The van der Waals surface area contributed by atoms with Crippen molar-refractivity contribution in [1.82, 2.24) is 10.3 Å². The van der Waals surface area contributed by atoms with E-state index in [0.717, 1.165) is 16.5 Å². The molecule has 1 aromatic heterocycles. The number of carbonyl (C=O) groups is 4. The maximum atomic E-state index is 14.2. The van der Waals surface area contributed by atoms with Crippen molar-refractivity contribution in [3.8, 4) is 0 Å². The van der Waals surface area contributed by atoms with Gasteiger partial charge in [-0.25, -0.2) is 4.90 Å². The molecule has 3 aliphatic rings. The van der Waals surface area contributed by atoms with E-state index in [9.17, 15) is 19.2 Å². The van der Waals surface area contributed by atoms with Crippen molar-refractivity contribution in [2.45, 2.75) is 24.9 Å². The molecule has 0 radical (unpaired) electrons. The minimum atomic E-state index is -1.46. The number of hydrogen-bond acceptors (Lipinski definition) is 5. The van der Waals surface area contributed by atoms with Gasteiger partial charge in [0.2, 0.25) is 17.7 Å². The molecule has 9 heteroatoms. The summed E-state index contributed by atoms with van der Waals surface area (Å²) in [6.45, 7) is 1.46. The highest BCUT2D eigenvalue weighted by atomic mass is 35.5. The fourth-order valence-corrected chi connectivity index (χ4v) is 6.83. The van der Waals surface area contributed by atoms with Gasteiger partial charge in [0.1, 0.15) is 5.54 Å². The molecule has 1 spiro atoms. The quantitative estimate of drug-likeness (QED) is 0.266. The second-order valence-electron chi connectivity index (χ2n) is 10.4. The fourth-order valence-electron chi connectivity index (χ4n) is 6.61. The predicted octanol–water partition coefficient (Wildman–Crippen LogP) is 4.19. The Morgan fingerprint density at radius 2 is 1.74 bits per heavy atom. The molecule has 3 aliphatic heterocycles. The second kappa shape index (κ2) is 8.36.